The van der Waals surface area contributed by atoms with Crippen LogP contribution in [0.5, 0.6) is 0 Å². The van der Waals surface area contributed by atoms with Crippen LogP contribution in [0.1, 0.15) is 26.8 Å². The lowest BCUT2D eigenvalue weighted by Gasteiger charge is -2.07. The van der Waals surface area contributed by atoms with Crippen LogP contribution in [-0.4, -0.2) is 39.7 Å². The summed E-state index contributed by atoms with van der Waals surface area (Å²) >= 11 is 12.2. The summed E-state index contributed by atoms with van der Waals surface area (Å²) in [7, 11) is 0. The third-order valence-electron chi connectivity index (χ3n) is 3.87. The first-order valence-electron chi connectivity index (χ1n) is 8.47. The zero-order valence-electron chi connectivity index (χ0n) is 14.9. The van der Waals surface area contributed by atoms with Gasteiger partial charge in [0.15, 0.2) is 0 Å². The Morgan fingerprint density at radius 1 is 0.929 bits per heavy atom. The first-order chi connectivity index (χ1) is 13.5. The Hall–Kier alpha value is -2.90. The van der Waals surface area contributed by atoms with E-state index in [0.717, 1.165) is 0 Å². The summed E-state index contributed by atoms with van der Waals surface area (Å²) in [4.78, 5) is 28.5. The molecule has 28 heavy (non-hydrogen) atoms. The number of hydrogen-bond acceptors (Lipinski definition) is 4. The molecule has 0 radical (unpaired) electrons. The Balaban J connectivity index is 1.56. The van der Waals surface area contributed by atoms with Crippen molar-refractivity contribution >= 4 is 35.0 Å². The fourth-order valence-corrected chi connectivity index (χ4v) is 2.95. The van der Waals surface area contributed by atoms with E-state index in [1.807, 2.05) is 12.1 Å². The number of halogens is 2. The van der Waals surface area contributed by atoms with E-state index in [1.165, 1.54) is 4.68 Å². The molecule has 0 aliphatic heterocycles. The predicted octanol–water partition coefficient (Wildman–Crippen LogP) is 3.04. The molecule has 0 saturated heterocycles. The molecule has 0 fully saturated rings. The topological polar surface area (TPSA) is 88.9 Å². The molecule has 1 aromatic heterocycles. The number of nitrogens with zero attached hydrogens (tertiary/aromatic N) is 3. The Labute approximate surface area is 171 Å². The third kappa shape index (κ3) is 4.49. The summed E-state index contributed by atoms with van der Waals surface area (Å²) in [5.74, 6) is -0.196. The van der Waals surface area contributed by atoms with Gasteiger partial charge in [-0.05, 0) is 31.2 Å². The standard InChI is InChI=1S/C19H17Cl2N5O2/c1-12-24-17(25-26(12)16-9-5-4-8-15(16)21)19(28)23-11-10-22-18(27)13-6-2-3-7-14(13)20/h2-9H,10-11H2,1H3,(H,22,27)(H,23,28). The van der Waals surface area contributed by atoms with Crippen LogP contribution in [0.2, 0.25) is 10.0 Å². The second-order valence-electron chi connectivity index (χ2n) is 5.84. The van der Waals surface area contributed by atoms with Crippen molar-refractivity contribution in [2.45, 2.75) is 6.92 Å². The number of amides is 2. The van der Waals surface area contributed by atoms with Crippen molar-refractivity contribution in [1.29, 1.82) is 0 Å². The minimum absolute atomic E-state index is 0.0230. The monoisotopic (exact) mass is 417 g/mol. The van der Waals surface area contributed by atoms with E-state index < -0.39 is 5.91 Å². The fourth-order valence-electron chi connectivity index (χ4n) is 2.51. The smallest absolute Gasteiger partial charge is 0.291 e. The van der Waals surface area contributed by atoms with Gasteiger partial charge in [0.25, 0.3) is 11.8 Å². The van der Waals surface area contributed by atoms with Gasteiger partial charge in [-0.1, -0.05) is 47.5 Å². The van der Waals surface area contributed by atoms with E-state index >= 15 is 0 Å². The number of carbonyl (C=O) groups excluding carboxylic acids is 2. The van der Waals surface area contributed by atoms with Crippen molar-refractivity contribution in [1.82, 2.24) is 25.4 Å². The van der Waals surface area contributed by atoms with Gasteiger partial charge in [0.2, 0.25) is 5.82 Å². The van der Waals surface area contributed by atoms with Gasteiger partial charge in [0.1, 0.15) is 5.82 Å². The van der Waals surface area contributed by atoms with Crippen LogP contribution >= 0.6 is 23.2 Å². The molecule has 1 heterocycles. The Bertz CT molecular complexity index is 1020. The molecule has 0 spiro atoms. The molecule has 2 amide bonds. The van der Waals surface area contributed by atoms with Crippen LogP contribution in [0.4, 0.5) is 0 Å². The van der Waals surface area contributed by atoms with Gasteiger partial charge < -0.3 is 10.6 Å². The van der Waals surface area contributed by atoms with Crippen molar-refractivity contribution in [2.75, 3.05) is 13.1 Å². The average Bonchev–Trinajstić information content (AvgIpc) is 3.07. The van der Waals surface area contributed by atoms with Crippen molar-refractivity contribution in [3.63, 3.8) is 0 Å². The molecule has 3 rings (SSSR count). The number of carbonyl (C=O) groups is 2. The van der Waals surface area contributed by atoms with Gasteiger partial charge in [0, 0.05) is 13.1 Å². The zero-order chi connectivity index (χ0) is 20.1. The van der Waals surface area contributed by atoms with E-state index in [2.05, 4.69) is 20.7 Å². The first kappa shape index (κ1) is 19.9. The third-order valence-corrected chi connectivity index (χ3v) is 4.52. The average molecular weight is 418 g/mol. The Kier molecular flexibility index (Phi) is 6.28. The van der Waals surface area contributed by atoms with Crippen LogP contribution in [0, 0.1) is 6.92 Å². The molecule has 144 valence electrons. The molecule has 0 aliphatic rings. The summed E-state index contributed by atoms with van der Waals surface area (Å²) in [5.41, 5.74) is 1.02. The number of rotatable bonds is 6. The highest BCUT2D eigenvalue weighted by Crippen LogP contribution is 2.20. The van der Waals surface area contributed by atoms with Crippen molar-refractivity contribution in [2.24, 2.45) is 0 Å². The SMILES string of the molecule is Cc1nc(C(=O)NCCNC(=O)c2ccccc2Cl)nn1-c1ccccc1Cl. The largest absolute Gasteiger partial charge is 0.350 e. The molecule has 3 aromatic rings. The number of para-hydroxylation sites is 1. The number of aryl methyl sites for hydroxylation is 1. The van der Waals surface area contributed by atoms with Crippen molar-refractivity contribution < 1.29 is 9.59 Å². The number of hydrogen-bond donors (Lipinski definition) is 2. The van der Waals surface area contributed by atoms with Crippen LogP contribution in [0.25, 0.3) is 5.69 Å². The molecule has 2 aromatic carbocycles. The zero-order valence-corrected chi connectivity index (χ0v) is 16.5. The lowest BCUT2D eigenvalue weighted by molar-refractivity contribution is 0.0922. The minimum atomic E-state index is -0.444. The number of nitrogens with one attached hydrogen (secondary N) is 2. The second kappa shape index (κ2) is 8.86. The summed E-state index contributed by atoms with van der Waals surface area (Å²) in [5, 5.41) is 10.5. The molecule has 7 nitrogen and oxygen atoms in total. The maximum Gasteiger partial charge on any atom is 0.291 e. The van der Waals surface area contributed by atoms with E-state index in [0.29, 0.717) is 27.1 Å². The normalized spacial score (nSPS) is 10.5. The van der Waals surface area contributed by atoms with Gasteiger partial charge in [-0.2, -0.15) is 0 Å². The minimum Gasteiger partial charge on any atom is -0.350 e. The lowest BCUT2D eigenvalue weighted by atomic mass is 10.2. The van der Waals surface area contributed by atoms with Gasteiger partial charge in [0.05, 0.1) is 21.3 Å². The van der Waals surface area contributed by atoms with Crippen molar-refractivity contribution in [3.05, 3.63) is 75.8 Å². The Morgan fingerprint density at radius 3 is 2.21 bits per heavy atom. The molecular weight excluding hydrogens is 401 g/mol. The highest BCUT2D eigenvalue weighted by molar-refractivity contribution is 6.33. The molecule has 0 saturated carbocycles. The van der Waals surface area contributed by atoms with Gasteiger partial charge in [-0.3, -0.25) is 9.59 Å². The van der Waals surface area contributed by atoms with E-state index in [1.54, 1.807) is 43.3 Å². The Morgan fingerprint density at radius 2 is 1.54 bits per heavy atom. The van der Waals surface area contributed by atoms with Crippen LogP contribution in [0.15, 0.2) is 48.5 Å². The molecule has 0 atom stereocenters. The highest BCUT2D eigenvalue weighted by atomic mass is 35.5. The maximum absolute atomic E-state index is 12.3. The van der Waals surface area contributed by atoms with E-state index in [-0.39, 0.29) is 24.8 Å². The number of benzene rings is 2. The summed E-state index contributed by atoms with van der Waals surface area (Å²) < 4.78 is 1.51. The summed E-state index contributed by atoms with van der Waals surface area (Å²) in [6.45, 7) is 2.19. The molecule has 2 N–H and O–H groups in total. The first-order valence-corrected chi connectivity index (χ1v) is 9.22. The molecule has 0 unspecified atom stereocenters. The summed E-state index contributed by atoms with van der Waals surface area (Å²) in [6, 6.07) is 13.9. The molecular formula is C19H17Cl2N5O2. The molecule has 0 bridgehead atoms. The van der Waals surface area contributed by atoms with Crippen LogP contribution in [-0.2, 0) is 0 Å². The number of aromatic nitrogens is 3. The predicted molar refractivity (Wildman–Crippen MR) is 107 cm³/mol. The molecule has 9 heteroatoms. The quantitative estimate of drug-likeness (QED) is 0.603. The van der Waals surface area contributed by atoms with Gasteiger partial charge in [-0.25, -0.2) is 9.67 Å². The van der Waals surface area contributed by atoms with Crippen LogP contribution in [0.3, 0.4) is 0 Å². The highest BCUT2D eigenvalue weighted by Gasteiger charge is 2.16. The van der Waals surface area contributed by atoms with Crippen LogP contribution < -0.4 is 10.6 Å². The second-order valence-corrected chi connectivity index (χ2v) is 6.65. The van der Waals surface area contributed by atoms with Gasteiger partial charge in [-0.15, -0.1) is 5.10 Å². The fraction of sp³-hybridized carbons (Fsp3) is 0.158. The van der Waals surface area contributed by atoms with E-state index in [9.17, 15) is 9.59 Å². The summed E-state index contributed by atoms with van der Waals surface area (Å²) in [6.07, 6.45) is 0. The maximum atomic E-state index is 12.3. The van der Waals surface area contributed by atoms with E-state index in [4.69, 9.17) is 23.2 Å². The molecule has 0 aliphatic carbocycles. The van der Waals surface area contributed by atoms with Crippen molar-refractivity contribution in [3.8, 4) is 5.69 Å². The van der Waals surface area contributed by atoms with Gasteiger partial charge >= 0.3 is 0 Å². The lowest BCUT2D eigenvalue weighted by Crippen LogP contribution is -2.35.